The molecule has 62 valence electrons. The second-order valence-electron chi connectivity index (χ2n) is 2.30. The first-order valence-electron chi connectivity index (χ1n) is 3.42. The molecule has 0 spiro atoms. The number of halogens is 1. The Bertz CT molecular complexity index is 412. The van der Waals surface area contributed by atoms with Gasteiger partial charge in [-0.2, -0.15) is 8.91 Å². The Balaban J connectivity index is 2.74. The third kappa shape index (κ3) is 0.947. The van der Waals surface area contributed by atoms with Crippen LogP contribution in [0, 0.1) is 5.95 Å². The van der Waals surface area contributed by atoms with Gasteiger partial charge in [-0.05, 0) is 12.1 Å². The van der Waals surface area contributed by atoms with E-state index in [-0.39, 0.29) is 12.4 Å². The molecule has 2 aromatic rings. The molecular weight excluding hydrogens is 161 g/mol. The van der Waals surface area contributed by atoms with Crippen molar-refractivity contribution in [3.63, 3.8) is 0 Å². The van der Waals surface area contributed by atoms with E-state index in [0.29, 0.717) is 5.65 Å². The van der Waals surface area contributed by atoms with Gasteiger partial charge in [0, 0.05) is 0 Å². The number of fused-ring (bicyclic) bond motifs is 1. The highest BCUT2D eigenvalue weighted by Gasteiger charge is 2.04. The zero-order valence-electron chi connectivity index (χ0n) is 6.11. The fraction of sp³-hybridized carbons (Fsp3) is 0.143. The molecule has 0 amide bonds. The first-order chi connectivity index (χ1) is 5.81. The van der Waals surface area contributed by atoms with Gasteiger partial charge in [0.25, 0.3) is 0 Å². The Morgan fingerprint density at radius 2 is 2.33 bits per heavy atom. The quantitative estimate of drug-likeness (QED) is 0.624. The average Bonchev–Trinajstić information content (AvgIpc) is 2.49. The zero-order chi connectivity index (χ0) is 8.55. The van der Waals surface area contributed by atoms with Crippen molar-refractivity contribution in [2.24, 2.45) is 0 Å². The monoisotopic (exact) mass is 167 g/mol. The molecule has 0 aliphatic carbocycles. The van der Waals surface area contributed by atoms with Crippen LogP contribution in [0.5, 0.6) is 0 Å². The summed E-state index contributed by atoms with van der Waals surface area (Å²) in [6.07, 6.45) is 0. The summed E-state index contributed by atoms with van der Waals surface area (Å²) in [5.74, 6) is -0.264. The zero-order valence-corrected chi connectivity index (χ0v) is 6.11. The molecule has 0 aliphatic heterocycles. The van der Waals surface area contributed by atoms with Gasteiger partial charge in [0.15, 0.2) is 11.5 Å². The normalized spacial score (nSPS) is 10.8. The Morgan fingerprint density at radius 3 is 3.00 bits per heavy atom. The van der Waals surface area contributed by atoms with E-state index in [2.05, 4.69) is 10.1 Å². The van der Waals surface area contributed by atoms with Gasteiger partial charge in [0.2, 0.25) is 5.95 Å². The minimum absolute atomic E-state index is 0.222. The molecule has 0 radical (unpaired) electrons. The summed E-state index contributed by atoms with van der Waals surface area (Å²) in [6, 6.07) is 4.44. The molecule has 0 saturated heterocycles. The van der Waals surface area contributed by atoms with Crippen LogP contribution in [0.2, 0.25) is 0 Å². The molecule has 1 N–H and O–H groups in total. The summed E-state index contributed by atoms with van der Waals surface area (Å²) in [4.78, 5) is 3.85. The molecular formula is C7H6FN3O. The second kappa shape index (κ2) is 2.53. The first-order valence-corrected chi connectivity index (χ1v) is 3.42. The van der Waals surface area contributed by atoms with Crippen LogP contribution in [0.3, 0.4) is 0 Å². The number of aliphatic hydroxyl groups excluding tert-OH is 1. The van der Waals surface area contributed by atoms with Crippen LogP contribution in [0.25, 0.3) is 5.65 Å². The van der Waals surface area contributed by atoms with Crippen LogP contribution in [0.15, 0.2) is 18.2 Å². The number of hydrogen-bond acceptors (Lipinski definition) is 3. The third-order valence-electron chi connectivity index (χ3n) is 1.50. The Kier molecular flexibility index (Phi) is 1.51. The number of aliphatic hydroxyl groups is 1. The molecule has 5 heteroatoms. The van der Waals surface area contributed by atoms with Gasteiger partial charge in [0.1, 0.15) is 6.61 Å². The maximum Gasteiger partial charge on any atom is 0.216 e. The van der Waals surface area contributed by atoms with Crippen molar-refractivity contribution >= 4 is 5.65 Å². The standard InChI is InChI=1S/C7H6FN3O/c8-5-2-1-3-7-9-6(4-12)10-11(5)7/h1-3,12H,4H2. The summed E-state index contributed by atoms with van der Waals surface area (Å²) in [5.41, 5.74) is 0.402. The molecule has 0 aromatic carbocycles. The average molecular weight is 167 g/mol. The lowest BCUT2D eigenvalue weighted by atomic mass is 10.5. The van der Waals surface area contributed by atoms with Crippen molar-refractivity contribution in [3.8, 4) is 0 Å². The summed E-state index contributed by atoms with van der Waals surface area (Å²) in [5, 5.41) is 12.4. The fourth-order valence-electron chi connectivity index (χ4n) is 0.985. The lowest BCUT2D eigenvalue weighted by Gasteiger charge is -1.89. The van der Waals surface area contributed by atoms with E-state index in [9.17, 15) is 4.39 Å². The van der Waals surface area contributed by atoms with Gasteiger partial charge < -0.3 is 5.11 Å². The maximum absolute atomic E-state index is 12.9. The molecule has 2 aromatic heterocycles. The van der Waals surface area contributed by atoms with E-state index in [4.69, 9.17) is 5.11 Å². The minimum atomic E-state index is -0.486. The second-order valence-corrected chi connectivity index (χ2v) is 2.30. The maximum atomic E-state index is 12.9. The molecule has 0 bridgehead atoms. The molecule has 0 saturated carbocycles. The first kappa shape index (κ1) is 7.17. The van der Waals surface area contributed by atoms with Crippen molar-refractivity contribution in [3.05, 3.63) is 30.0 Å². The van der Waals surface area contributed by atoms with E-state index < -0.39 is 5.95 Å². The molecule has 12 heavy (non-hydrogen) atoms. The van der Waals surface area contributed by atoms with Gasteiger partial charge in [0.05, 0.1) is 0 Å². The van der Waals surface area contributed by atoms with E-state index in [1.54, 1.807) is 12.1 Å². The highest BCUT2D eigenvalue weighted by Crippen LogP contribution is 2.03. The van der Waals surface area contributed by atoms with E-state index in [1.807, 2.05) is 0 Å². The number of hydrogen-bond donors (Lipinski definition) is 1. The highest BCUT2D eigenvalue weighted by molar-refractivity contribution is 5.36. The van der Waals surface area contributed by atoms with Crippen LogP contribution in [0.1, 0.15) is 5.82 Å². The molecule has 2 heterocycles. The van der Waals surface area contributed by atoms with Gasteiger partial charge in [-0.1, -0.05) is 6.07 Å². The molecule has 0 fully saturated rings. The summed E-state index contributed by atoms with van der Waals surface area (Å²) < 4.78 is 14.0. The SMILES string of the molecule is OCc1nc2cccc(F)n2n1. The Hall–Kier alpha value is -1.49. The van der Waals surface area contributed by atoms with Crippen LogP contribution in [-0.2, 0) is 6.61 Å². The van der Waals surface area contributed by atoms with Crippen LogP contribution >= 0.6 is 0 Å². The minimum Gasteiger partial charge on any atom is -0.388 e. The molecule has 0 unspecified atom stereocenters. The van der Waals surface area contributed by atoms with Gasteiger partial charge >= 0.3 is 0 Å². The lowest BCUT2D eigenvalue weighted by molar-refractivity contribution is 0.271. The van der Waals surface area contributed by atoms with Crippen molar-refractivity contribution in [2.75, 3.05) is 0 Å². The fourth-order valence-corrected chi connectivity index (χ4v) is 0.985. The topological polar surface area (TPSA) is 50.4 Å². The predicted octanol–water partition coefficient (Wildman–Crippen LogP) is 0.361. The Labute approximate surface area is 67.3 Å². The molecule has 4 nitrogen and oxygen atoms in total. The van der Waals surface area contributed by atoms with Crippen molar-refractivity contribution < 1.29 is 9.50 Å². The number of aromatic nitrogens is 3. The summed E-state index contributed by atoms with van der Waals surface area (Å²) in [7, 11) is 0. The van der Waals surface area contributed by atoms with Crippen LogP contribution < -0.4 is 0 Å². The van der Waals surface area contributed by atoms with Gasteiger partial charge in [-0.25, -0.2) is 4.98 Å². The van der Waals surface area contributed by atoms with Gasteiger partial charge in [-0.15, -0.1) is 5.10 Å². The molecule has 2 rings (SSSR count). The van der Waals surface area contributed by atoms with Crippen LogP contribution in [-0.4, -0.2) is 19.7 Å². The van der Waals surface area contributed by atoms with Crippen molar-refractivity contribution in [1.29, 1.82) is 0 Å². The van der Waals surface area contributed by atoms with Gasteiger partial charge in [-0.3, -0.25) is 0 Å². The van der Waals surface area contributed by atoms with Crippen molar-refractivity contribution in [1.82, 2.24) is 14.6 Å². The number of rotatable bonds is 1. The van der Waals surface area contributed by atoms with Crippen molar-refractivity contribution in [2.45, 2.75) is 6.61 Å². The lowest BCUT2D eigenvalue weighted by Crippen LogP contribution is -1.93. The number of pyridine rings is 1. The van der Waals surface area contributed by atoms with E-state index in [0.717, 1.165) is 4.52 Å². The Morgan fingerprint density at radius 1 is 1.50 bits per heavy atom. The molecule has 0 aliphatic rings. The largest absolute Gasteiger partial charge is 0.388 e. The third-order valence-corrected chi connectivity index (χ3v) is 1.50. The van der Waals surface area contributed by atoms with E-state index in [1.165, 1.54) is 6.07 Å². The summed E-state index contributed by atoms with van der Waals surface area (Å²) >= 11 is 0. The number of nitrogens with zero attached hydrogens (tertiary/aromatic N) is 3. The molecule has 0 atom stereocenters. The smallest absolute Gasteiger partial charge is 0.216 e. The predicted molar refractivity (Wildman–Crippen MR) is 38.9 cm³/mol. The summed E-state index contributed by atoms with van der Waals surface area (Å²) in [6.45, 7) is -0.277. The highest BCUT2D eigenvalue weighted by atomic mass is 19.1. The van der Waals surface area contributed by atoms with E-state index >= 15 is 0 Å². The van der Waals surface area contributed by atoms with Crippen LogP contribution in [0.4, 0.5) is 4.39 Å².